The van der Waals surface area contributed by atoms with E-state index >= 15 is 0 Å². The molecule has 0 amide bonds. The highest BCUT2D eigenvalue weighted by atomic mass is 19.4. The number of rotatable bonds is 5. The standard InChI is InChI=1S/C21H19F6NO3/c1-3-4-9-28-17-15(13-7-5-6-8-14(13)18(28)29)10-12(11-16(17)31-2)19(30,20(22,23)24)21(25,26)27/h5-8,10-11,30H,3-4,9H2,1-2H3. The van der Waals surface area contributed by atoms with Crippen LogP contribution in [0.3, 0.4) is 0 Å². The molecule has 3 rings (SSSR count). The van der Waals surface area contributed by atoms with Crippen molar-refractivity contribution in [2.45, 2.75) is 44.3 Å². The largest absolute Gasteiger partial charge is 0.495 e. The number of aromatic nitrogens is 1. The van der Waals surface area contributed by atoms with E-state index in [0.717, 1.165) is 7.11 Å². The third-order valence-electron chi connectivity index (χ3n) is 5.23. The van der Waals surface area contributed by atoms with Crippen molar-refractivity contribution in [3.8, 4) is 5.75 Å². The van der Waals surface area contributed by atoms with Crippen LogP contribution in [-0.2, 0) is 12.1 Å². The van der Waals surface area contributed by atoms with Gasteiger partial charge in [0.1, 0.15) is 5.75 Å². The first-order chi connectivity index (χ1) is 14.4. The fourth-order valence-electron chi connectivity index (χ4n) is 3.63. The molecule has 0 spiro atoms. The topological polar surface area (TPSA) is 51.5 Å². The molecule has 3 aromatic rings. The Morgan fingerprint density at radius 1 is 0.968 bits per heavy atom. The van der Waals surface area contributed by atoms with Crippen molar-refractivity contribution < 1.29 is 36.2 Å². The van der Waals surface area contributed by atoms with E-state index in [4.69, 9.17) is 4.74 Å². The SMILES string of the molecule is CCCCn1c(=O)c2ccccc2c2cc(C(O)(C(F)(F)F)C(F)(F)F)cc(OC)c21. The number of alkyl halides is 6. The molecule has 1 N–H and O–H groups in total. The summed E-state index contributed by atoms with van der Waals surface area (Å²) in [5, 5.41) is 10.1. The second kappa shape index (κ2) is 7.74. The van der Waals surface area contributed by atoms with Crippen molar-refractivity contribution in [2.24, 2.45) is 0 Å². The zero-order chi connectivity index (χ0) is 23.2. The van der Waals surface area contributed by atoms with Crippen LogP contribution in [-0.4, -0.2) is 29.1 Å². The zero-order valence-corrected chi connectivity index (χ0v) is 16.6. The predicted octanol–water partition coefficient (Wildman–Crippen LogP) is 5.28. The lowest BCUT2D eigenvalue weighted by Gasteiger charge is -2.33. The highest BCUT2D eigenvalue weighted by molar-refractivity contribution is 6.07. The summed E-state index contributed by atoms with van der Waals surface area (Å²) < 4.78 is 87.3. The zero-order valence-electron chi connectivity index (χ0n) is 16.6. The summed E-state index contributed by atoms with van der Waals surface area (Å²) in [7, 11) is 1.07. The summed E-state index contributed by atoms with van der Waals surface area (Å²) >= 11 is 0. The lowest BCUT2D eigenvalue weighted by atomic mass is 9.89. The van der Waals surface area contributed by atoms with Gasteiger partial charge in [0.15, 0.2) is 0 Å². The lowest BCUT2D eigenvalue weighted by molar-refractivity contribution is -0.376. The molecule has 0 saturated carbocycles. The molecule has 10 heteroatoms. The number of fused-ring (bicyclic) bond motifs is 3. The molecule has 0 aliphatic carbocycles. The van der Waals surface area contributed by atoms with Gasteiger partial charge in [-0.25, -0.2) is 0 Å². The van der Waals surface area contributed by atoms with Crippen molar-refractivity contribution in [2.75, 3.05) is 7.11 Å². The Labute approximate surface area is 172 Å². The van der Waals surface area contributed by atoms with E-state index in [2.05, 4.69) is 0 Å². The van der Waals surface area contributed by atoms with Gasteiger partial charge in [-0.15, -0.1) is 0 Å². The highest BCUT2D eigenvalue weighted by Gasteiger charge is 2.71. The second-order valence-corrected chi connectivity index (χ2v) is 7.14. The minimum absolute atomic E-state index is 0.0624. The van der Waals surface area contributed by atoms with Crippen molar-refractivity contribution >= 4 is 21.7 Å². The number of nitrogens with zero attached hydrogens (tertiary/aromatic N) is 1. The number of halogens is 6. The van der Waals surface area contributed by atoms with Crippen LogP contribution in [0.25, 0.3) is 21.7 Å². The quantitative estimate of drug-likeness (QED) is 0.428. The van der Waals surface area contributed by atoms with Crippen LogP contribution in [0.15, 0.2) is 41.2 Å². The Balaban J connectivity index is 2.54. The number of hydrogen-bond donors (Lipinski definition) is 1. The van der Waals surface area contributed by atoms with E-state index in [1.54, 1.807) is 6.07 Å². The number of unbranched alkanes of at least 4 members (excludes halogenated alkanes) is 1. The Bertz CT molecular complexity index is 1170. The first-order valence-electron chi connectivity index (χ1n) is 9.38. The second-order valence-electron chi connectivity index (χ2n) is 7.14. The molecule has 0 radical (unpaired) electrons. The molecule has 1 heterocycles. The number of aryl methyl sites for hydroxylation is 1. The summed E-state index contributed by atoms with van der Waals surface area (Å²) in [6, 6.07) is 7.03. The van der Waals surface area contributed by atoms with E-state index < -0.39 is 29.1 Å². The molecule has 168 valence electrons. The first kappa shape index (κ1) is 22.9. The Morgan fingerprint density at radius 2 is 1.55 bits per heavy atom. The van der Waals surface area contributed by atoms with E-state index in [1.807, 2.05) is 6.92 Å². The van der Waals surface area contributed by atoms with Gasteiger partial charge in [-0.3, -0.25) is 4.79 Å². The minimum Gasteiger partial charge on any atom is -0.495 e. The number of aliphatic hydroxyl groups is 1. The summed E-state index contributed by atoms with van der Waals surface area (Å²) in [4.78, 5) is 13.0. The molecule has 0 aliphatic heterocycles. The van der Waals surface area contributed by atoms with Gasteiger partial charge < -0.3 is 14.4 Å². The molecular formula is C21H19F6NO3. The number of benzene rings is 2. The fraction of sp³-hybridized carbons (Fsp3) is 0.381. The van der Waals surface area contributed by atoms with Gasteiger partial charge in [-0.2, -0.15) is 26.3 Å². The number of pyridine rings is 1. The fourth-order valence-corrected chi connectivity index (χ4v) is 3.63. The molecule has 0 aliphatic rings. The van der Waals surface area contributed by atoms with Gasteiger partial charge in [0.2, 0.25) is 0 Å². The van der Waals surface area contributed by atoms with Crippen LogP contribution < -0.4 is 10.3 Å². The monoisotopic (exact) mass is 447 g/mol. The van der Waals surface area contributed by atoms with E-state index in [0.29, 0.717) is 25.0 Å². The normalized spacial score (nSPS) is 13.2. The average molecular weight is 447 g/mol. The molecule has 4 nitrogen and oxygen atoms in total. The van der Waals surface area contributed by atoms with Crippen molar-refractivity contribution in [1.29, 1.82) is 0 Å². The lowest BCUT2D eigenvalue weighted by Crippen LogP contribution is -2.53. The number of methoxy groups -OCH3 is 1. The van der Waals surface area contributed by atoms with Crippen LogP contribution in [0.2, 0.25) is 0 Å². The van der Waals surface area contributed by atoms with Crippen LogP contribution in [0.5, 0.6) is 5.75 Å². The van der Waals surface area contributed by atoms with Gasteiger partial charge in [-0.1, -0.05) is 31.5 Å². The average Bonchev–Trinajstić information content (AvgIpc) is 2.70. The van der Waals surface area contributed by atoms with E-state index in [9.17, 15) is 36.2 Å². The molecule has 1 aromatic heterocycles. The first-order valence-corrected chi connectivity index (χ1v) is 9.38. The molecule has 2 aromatic carbocycles. The minimum atomic E-state index is -6.05. The Kier molecular flexibility index (Phi) is 5.72. The molecule has 0 fully saturated rings. The van der Waals surface area contributed by atoms with Crippen LogP contribution in [0.1, 0.15) is 25.3 Å². The van der Waals surface area contributed by atoms with Gasteiger partial charge in [0, 0.05) is 22.9 Å². The summed E-state index contributed by atoms with van der Waals surface area (Å²) in [6.07, 6.45) is -10.8. The van der Waals surface area contributed by atoms with Gasteiger partial charge in [0.05, 0.1) is 12.6 Å². The molecule has 0 atom stereocenters. The molecule has 0 bridgehead atoms. The van der Waals surface area contributed by atoms with E-state index in [1.165, 1.54) is 22.8 Å². The van der Waals surface area contributed by atoms with Crippen LogP contribution in [0.4, 0.5) is 26.3 Å². The summed E-state index contributed by atoms with van der Waals surface area (Å²) in [6.45, 7) is 2.06. The third kappa shape index (κ3) is 3.52. The van der Waals surface area contributed by atoms with Crippen LogP contribution in [0, 0.1) is 0 Å². The highest BCUT2D eigenvalue weighted by Crippen LogP contribution is 2.51. The maximum absolute atomic E-state index is 13.5. The Morgan fingerprint density at radius 3 is 2.06 bits per heavy atom. The Hall–Kier alpha value is -2.75. The summed E-state index contributed by atoms with van der Waals surface area (Å²) in [5.41, 5.74) is -6.94. The maximum Gasteiger partial charge on any atom is 0.430 e. The molecule has 31 heavy (non-hydrogen) atoms. The van der Waals surface area contributed by atoms with Gasteiger partial charge in [0.25, 0.3) is 11.2 Å². The van der Waals surface area contributed by atoms with Gasteiger partial charge in [-0.05, 0) is 30.0 Å². The predicted molar refractivity (Wildman–Crippen MR) is 103 cm³/mol. The van der Waals surface area contributed by atoms with Crippen molar-refractivity contribution in [3.63, 3.8) is 0 Å². The molecular weight excluding hydrogens is 428 g/mol. The van der Waals surface area contributed by atoms with E-state index in [-0.39, 0.29) is 34.0 Å². The molecule has 0 unspecified atom stereocenters. The smallest absolute Gasteiger partial charge is 0.430 e. The number of hydrogen-bond acceptors (Lipinski definition) is 3. The van der Waals surface area contributed by atoms with Crippen LogP contribution >= 0.6 is 0 Å². The number of ether oxygens (including phenoxy) is 1. The van der Waals surface area contributed by atoms with Crippen molar-refractivity contribution in [3.05, 3.63) is 52.3 Å². The molecule has 0 saturated heterocycles. The maximum atomic E-state index is 13.5. The van der Waals surface area contributed by atoms with Gasteiger partial charge >= 0.3 is 12.4 Å². The summed E-state index contributed by atoms with van der Waals surface area (Å²) in [5.74, 6) is -0.376. The van der Waals surface area contributed by atoms with Crippen molar-refractivity contribution in [1.82, 2.24) is 4.57 Å². The third-order valence-corrected chi connectivity index (χ3v) is 5.23.